The van der Waals surface area contributed by atoms with E-state index in [2.05, 4.69) is 38.2 Å². The summed E-state index contributed by atoms with van der Waals surface area (Å²) in [6, 6.07) is 6.00. The van der Waals surface area contributed by atoms with Crippen molar-refractivity contribution < 1.29 is 9.18 Å². The molecule has 0 aliphatic carbocycles. The highest BCUT2D eigenvalue weighted by Gasteiger charge is 2.28. The van der Waals surface area contributed by atoms with Crippen molar-refractivity contribution >= 4 is 21.8 Å². The average molecular weight is 313 g/mol. The van der Waals surface area contributed by atoms with Crippen LogP contribution in [0.15, 0.2) is 22.7 Å². The molecule has 0 radical (unpaired) electrons. The Bertz CT molecular complexity index is 496. The third-order valence-corrected chi connectivity index (χ3v) is 3.02. The van der Waals surface area contributed by atoms with Gasteiger partial charge in [-0.2, -0.15) is 5.26 Å². The molecule has 2 atom stereocenters. The molecule has 18 heavy (non-hydrogen) atoms. The van der Waals surface area contributed by atoms with E-state index in [-0.39, 0.29) is 11.5 Å². The molecule has 0 spiro atoms. The van der Waals surface area contributed by atoms with Crippen molar-refractivity contribution in [1.29, 1.82) is 5.26 Å². The van der Waals surface area contributed by atoms with Crippen LogP contribution in [0.25, 0.3) is 0 Å². The van der Waals surface area contributed by atoms with E-state index in [0.717, 1.165) is 6.07 Å². The first kappa shape index (κ1) is 13.0. The molecular weight excluding hydrogens is 303 g/mol. The fraction of sp³-hybridized carbons (Fsp3) is 0.273. The predicted octanol–water partition coefficient (Wildman–Crippen LogP) is 0.892. The molecule has 2 unspecified atom stereocenters. The molecule has 0 bridgehead atoms. The fourth-order valence-corrected chi connectivity index (χ4v) is 2.13. The van der Waals surface area contributed by atoms with Gasteiger partial charge in [0.2, 0.25) is 0 Å². The Kier molecular flexibility index (Phi) is 3.91. The van der Waals surface area contributed by atoms with Gasteiger partial charge in [0.05, 0.1) is 12.0 Å². The Hall–Kier alpha value is -1.49. The summed E-state index contributed by atoms with van der Waals surface area (Å²) in [5.74, 6) is -1.29. The summed E-state index contributed by atoms with van der Waals surface area (Å²) in [6.07, 6.45) is -0.482. The monoisotopic (exact) mass is 312 g/mol. The van der Waals surface area contributed by atoms with Crippen molar-refractivity contribution in [3.8, 4) is 6.07 Å². The molecule has 1 aliphatic rings. The lowest BCUT2D eigenvalue weighted by Gasteiger charge is -2.15. The van der Waals surface area contributed by atoms with Crippen LogP contribution in [0.1, 0.15) is 10.4 Å². The van der Waals surface area contributed by atoms with Gasteiger partial charge in [0, 0.05) is 16.6 Å². The van der Waals surface area contributed by atoms with Crippen LogP contribution in [0.4, 0.5) is 4.39 Å². The number of amides is 1. The SMILES string of the molecule is N#CC1CNNC1NC(=O)c1cc(F)cc(Br)c1. The number of halogens is 2. The van der Waals surface area contributed by atoms with Crippen molar-refractivity contribution in [2.24, 2.45) is 5.92 Å². The minimum Gasteiger partial charge on any atom is -0.334 e. The number of carbonyl (C=O) groups excluding carboxylic acids is 1. The zero-order valence-corrected chi connectivity index (χ0v) is 10.8. The maximum Gasteiger partial charge on any atom is 0.252 e. The average Bonchev–Trinajstić information content (AvgIpc) is 2.75. The summed E-state index contributed by atoms with van der Waals surface area (Å²) < 4.78 is 13.6. The van der Waals surface area contributed by atoms with Crippen molar-refractivity contribution in [2.45, 2.75) is 6.17 Å². The molecule has 0 aromatic heterocycles. The van der Waals surface area contributed by atoms with Crippen LogP contribution in [-0.2, 0) is 0 Å². The third-order valence-electron chi connectivity index (χ3n) is 2.56. The quantitative estimate of drug-likeness (QED) is 0.758. The van der Waals surface area contributed by atoms with Gasteiger partial charge in [0.1, 0.15) is 12.0 Å². The maximum absolute atomic E-state index is 13.2. The summed E-state index contributed by atoms with van der Waals surface area (Å²) in [7, 11) is 0. The number of rotatable bonds is 2. The second-order valence-electron chi connectivity index (χ2n) is 3.87. The summed E-state index contributed by atoms with van der Waals surface area (Å²) in [6.45, 7) is 0.453. The first-order chi connectivity index (χ1) is 8.60. The van der Waals surface area contributed by atoms with Crippen LogP contribution in [-0.4, -0.2) is 18.6 Å². The Morgan fingerprint density at radius 1 is 1.56 bits per heavy atom. The minimum absolute atomic E-state index is 0.201. The molecule has 1 heterocycles. The predicted molar refractivity (Wildman–Crippen MR) is 65.6 cm³/mol. The van der Waals surface area contributed by atoms with E-state index in [4.69, 9.17) is 5.26 Å². The Labute approximate surface area is 111 Å². The Morgan fingerprint density at radius 2 is 2.33 bits per heavy atom. The van der Waals surface area contributed by atoms with Gasteiger partial charge in [-0.3, -0.25) is 10.2 Å². The van der Waals surface area contributed by atoms with Crippen LogP contribution in [0, 0.1) is 23.1 Å². The third kappa shape index (κ3) is 2.85. The summed E-state index contributed by atoms with van der Waals surface area (Å²) in [4.78, 5) is 11.9. The number of nitriles is 1. The van der Waals surface area contributed by atoms with Crippen LogP contribution in [0.3, 0.4) is 0 Å². The van der Waals surface area contributed by atoms with Crippen molar-refractivity contribution in [1.82, 2.24) is 16.2 Å². The zero-order valence-electron chi connectivity index (χ0n) is 9.21. The van der Waals surface area contributed by atoms with Crippen LogP contribution in [0.2, 0.25) is 0 Å². The normalized spacial score (nSPS) is 22.5. The standard InChI is InChI=1S/C11H10BrFN4O/c12-8-1-6(2-9(13)3-8)11(18)16-10-7(4-14)5-15-17-10/h1-3,7,10,15,17H,5H2,(H,16,18). The van der Waals surface area contributed by atoms with Gasteiger partial charge in [0.15, 0.2) is 0 Å². The molecule has 5 nitrogen and oxygen atoms in total. The number of hydrogen-bond donors (Lipinski definition) is 3. The highest BCUT2D eigenvalue weighted by molar-refractivity contribution is 9.10. The largest absolute Gasteiger partial charge is 0.334 e. The van der Waals surface area contributed by atoms with Crippen LogP contribution < -0.4 is 16.2 Å². The smallest absolute Gasteiger partial charge is 0.252 e. The highest BCUT2D eigenvalue weighted by atomic mass is 79.9. The Morgan fingerprint density at radius 3 is 3.00 bits per heavy atom. The molecule has 1 amide bonds. The lowest BCUT2D eigenvalue weighted by molar-refractivity contribution is 0.0926. The second kappa shape index (κ2) is 5.44. The number of nitrogens with one attached hydrogen (secondary N) is 3. The molecule has 2 rings (SSSR count). The lowest BCUT2D eigenvalue weighted by atomic mass is 10.1. The molecule has 1 fully saturated rings. The summed E-state index contributed by atoms with van der Waals surface area (Å²) in [5, 5.41) is 11.5. The zero-order chi connectivity index (χ0) is 13.1. The molecule has 3 N–H and O–H groups in total. The molecule has 94 valence electrons. The van der Waals surface area contributed by atoms with E-state index in [1.54, 1.807) is 0 Å². The van der Waals surface area contributed by atoms with E-state index in [0.29, 0.717) is 11.0 Å². The summed E-state index contributed by atoms with van der Waals surface area (Å²) >= 11 is 3.12. The molecule has 1 aromatic rings. The number of hydrogen-bond acceptors (Lipinski definition) is 4. The van der Waals surface area contributed by atoms with Gasteiger partial charge in [-0.05, 0) is 18.2 Å². The highest BCUT2D eigenvalue weighted by Crippen LogP contribution is 2.15. The van der Waals surface area contributed by atoms with Gasteiger partial charge < -0.3 is 5.32 Å². The van der Waals surface area contributed by atoms with Crippen molar-refractivity contribution in [2.75, 3.05) is 6.54 Å². The number of benzene rings is 1. The fourth-order valence-electron chi connectivity index (χ4n) is 1.66. The Balaban J connectivity index is 2.10. The van der Waals surface area contributed by atoms with E-state index >= 15 is 0 Å². The maximum atomic E-state index is 13.2. The topological polar surface area (TPSA) is 77.0 Å². The number of hydrazine groups is 1. The van der Waals surface area contributed by atoms with Gasteiger partial charge in [-0.1, -0.05) is 15.9 Å². The second-order valence-corrected chi connectivity index (χ2v) is 4.79. The van der Waals surface area contributed by atoms with Gasteiger partial charge in [-0.25, -0.2) is 9.82 Å². The van der Waals surface area contributed by atoms with Gasteiger partial charge in [0.25, 0.3) is 5.91 Å². The molecule has 1 aliphatic heterocycles. The minimum atomic E-state index is -0.496. The molecule has 1 aromatic carbocycles. The molecule has 1 saturated heterocycles. The van der Waals surface area contributed by atoms with Crippen LogP contribution >= 0.6 is 15.9 Å². The van der Waals surface area contributed by atoms with Gasteiger partial charge >= 0.3 is 0 Å². The van der Waals surface area contributed by atoms with E-state index < -0.39 is 17.9 Å². The molecular formula is C11H10BrFN4O. The van der Waals surface area contributed by atoms with E-state index in [1.165, 1.54) is 12.1 Å². The van der Waals surface area contributed by atoms with Gasteiger partial charge in [-0.15, -0.1) is 0 Å². The lowest BCUT2D eigenvalue weighted by Crippen LogP contribution is -2.46. The van der Waals surface area contributed by atoms with Crippen molar-refractivity contribution in [3.63, 3.8) is 0 Å². The van der Waals surface area contributed by atoms with E-state index in [1.807, 2.05) is 0 Å². The summed E-state index contributed by atoms with van der Waals surface area (Å²) in [5.41, 5.74) is 5.76. The number of carbonyl (C=O) groups is 1. The first-order valence-corrected chi connectivity index (χ1v) is 6.04. The first-order valence-electron chi connectivity index (χ1n) is 5.25. The van der Waals surface area contributed by atoms with Crippen molar-refractivity contribution in [3.05, 3.63) is 34.1 Å². The molecule has 0 saturated carbocycles. The number of nitrogens with zero attached hydrogens (tertiary/aromatic N) is 1. The molecule has 7 heteroatoms. The van der Waals surface area contributed by atoms with Crippen LogP contribution in [0.5, 0.6) is 0 Å². The van der Waals surface area contributed by atoms with E-state index in [9.17, 15) is 9.18 Å².